The summed E-state index contributed by atoms with van der Waals surface area (Å²) in [5, 5.41) is 12.2. The Morgan fingerprint density at radius 1 is 1.13 bits per heavy atom. The quantitative estimate of drug-likeness (QED) is 0.715. The molecule has 0 saturated carbocycles. The summed E-state index contributed by atoms with van der Waals surface area (Å²) in [5.41, 5.74) is 1.40. The highest BCUT2D eigenvalue weighted by molar-refractivity contribution is 7.99. The molecule has 0 spiro atoms. The molecular weight excluding hydrogens is 316 g/mol. The first-order valence-electron chi connectivity index (χ1n) is 6.74. The number of hydrogen-bond acceptors (Lipinski definition) is 6. The summed E-state index contributed by atoms with van der Waals surface area (Å²) in [4.78, 5) is 27.9. The van der Waals surface area contributed by atoms with E-state index in [1.807, 2.05) is 18.2 Å². The van der Waals surface area contributed by atoms with Crippen LogP contribution in [0.4, 0.5) is 0 Å². The number of thioether (sulfide) groups is 1. The third kappa shape index (κ3) is 3.51. The maximum absolute atomic E-state index is 11.9. The SMILES string of the molecule is O=C(CSc1nc2ccccc2o1)NC(=O)c1ccccc1O. The lowest BCUT2D eigenvalue weighted by Gasteiger charge is -2.04. The molecule has 0 bridgehead atoms. The van der Waals surface area contributed by atoms with Crippen molar-refractivity contribution in [2.75, 3.05) is 5.75 Å². The van der Waals surface area contributed by atoms with Gasteiger partial charge in [0, 0.05) is 0 Å². The molecule has 6 nitrogen and oxygen atoms in total. The van der Waals surface area contributed by atoms with Gasteiger partial charge in [0.1, 0.15) is 11.3 Å². The van der Waals surface area contributed by atoms with Crippen LogP contribution in [0.1, 0.15) is 10.4 Å². The van der Waals surface area contributed by atoms with Crippen LogP contribution in [0.5, 0.6) is 5.75 Å². The van der Waals surface area contributed by atoms with Crippen LogP contribution in [-0.4, -0.2) is 27.7 Å². The number of phenols is 1. The largest absolute Gasteiger partial charge is 0.507 e. The van der Waals surface area contributed by atoms with E-state index in [0.717, 1.165) is 11.8 Å². The molecule has 0 radical (unpaired) electrons. The zero-order valence-electron chi connectivity index (χ0n) is 11.9. The lowest BCUT2D eigenvalue weighted by atomic mass is 10.2. The van der Waals surface area contributed by atoms with Crippen LogP contribution in [0, 0.1) is 0 Å². The molecule has 7 heteroatoms. The van der Waals surface area contributed by atoms with Crippen molar-refractivity contribution in [3.8, 4) is 5.75 Å². The lowest BCUT2D eigenvalue weighted by Crippen LogP contribution is -2.31. The second-order valence-corrected chi connectivity index (χ2v) is 5.56. The van der Waals surface area contributed by atoms with E-state index in [2.05, 4.69) is 10.3 Å². The van der Waals surface area contributed by atoms with E-state index in [9.17, 15) is 14.7 Å². The van der Waals surface area contributed by atoms with E-state index >= 15 is 0 Å². The van der Waals surface area contributed by atoms with Gasteiger partial charge in [-0.3, -0.25) is 14.9 Å². The van der Waals surface area contributed by atoms with Crippen molar-refractivity contribution in [2.45, 2.75) is 5.22 Å². The van der Waals surface area contributed by atoms with Gasteiger partial charge >= 0.3 is 0 Å². The van der Waals surface area contributed by atoms with E-state index in [1.165, 1.54) is 12.1 Å². The van der Waals surface area contributed by atoms with Gasteiger partial charge < -0.3 is 9.52 Å². The number of carbonyl (C=O) groups is 2. The molecule has 2 N–H and O–H groups in total. The second-order valence-electron chi connectivity index (χ2n) is 4.63. The lowest BCUT2D eigenvalue weighted by molar-refractivity contribution is -0.117. The Bertz CT molecular complexity index is 842. The molecule has 0 aliphatic heterocycles. The molecule has 1 aromatic heterocycles. The van der Waals surface area contributed by atoms with Crippen molar-refractivity contribution in [3.63, 3.8) is 0 Å². The Morgan fingerprint density at radius 3 is 2.65 bits per heavy atom. The monoisotopic (exact) mass is 328 g/mol. The van der Waals surface area contributed by atoms with E-state index in [-0.39, 0.29) is 17.1 Å². The standard InChI is InChI=1S/C16H12N2O4S/c19-12-7-3-1-5-10(12)15(21)18-14(20)9-23-16-17-11-6-2-4-8-13(11)22-16/h1-8,19H,9H2,(H,18,20,21). The predicted octanol–water partition coefficient (Wildman–Crippen LogP) is 2.58. The van der Waals surface area contributed by atoms with Crippen LogP contribution < -0.4 is 5.32 Å². The van der Waals surface area contributed by atoms with E-state index in [4.69, 9.17) is 4.42 Å². The first-order valence-corrected chi connectivity index (χ1v) is 7.72. The smallest absolute Gasteiger partial charge is 0.261 e. The average Bonchev–Trinajstić information content (AvgIpc) is 2.96. The van der Waals surface area contributed by atoms with Gasteiger partial charge in [-0.25, -0.2) is 4.98 Å². The van der Waals surface area contributed by atoms with Crippen LogP contribution in [0.3, 0.4) is 0 Å². The summed E-state index contributed by atoms with van der Waals surface area (Å²) < 4.78 is 5.47. The fourth-order valence-corrected chi connectivity index (χ4v) is 2.57. The van der Waals surface area contributed by atoms with Crippen LogP contribution >= 0.6 is 11.8 Å². The molecule has 0 saturated heterocycles. The Hall–Kier alpha value is -2.80. The minimum absolute atomic E-state index is 0.0217. The van der Waals surface area contributed by atoms with Gasteiger partial charge in [0.15, 0.2) is 5.58 Å². The van der Waals surface area contributed by atoms with Gasteiger partial charge in [0.25, 0.3) is 11.1 Å². The molecule has 0 unspecified atom stereocenters. The van der Waals surface area contributed by atoms with Crippen LogP contribution in [-0.2, 0) is 4.79 Å². The van der Waals surface area contributed by atoms with Gasteiger partial charge in [-0.05, 0) is 24.3 Å². The van der Waals surface area contributed by atoms with Gasteiger partial charge in [-0.1, -0.05) is 36.0 Å². The molecule has 0 aliphatic carbocycles. The Labute approximate surface area is 135 Å². The minimum atomic E-state index is -0.647. The molecule has 0 atom stereocenters. The maximum atomic E-state index is 11.9. The predicted molar refractivity (Wildman–Crippen MR) is 85.3 cm³/mol. The molecule has 3 rings (SSSR count). The van der Waals surface area contributed by atoms with Crippen LogP contribution in [0.15, 0.2) is 58.2 Å². The summed E-state index contributed by atoms with van der Waals surface area (Å²) in [6.07, 6.45) is 0. The number of amides is 2. The Morgan fingerprint density at radius 2 is 1.87 bits per heavy atom. The van der Waals surface area contributed by atoms with Crippen molar-refractivity contribution >= 4 is 34.7 Å². The fraction of sp³-hybridized carbons (Fsp3) is 0.0625. The molecule has 2 amide bonds. The first-order chi connectivity index (χ1) is 11.1. The summed E-state index contributed by atoms with van der Waals surface area (Å²) >= 11 is 1.09. The molecule has 23 heavy (non-hydrogen) atoms. The summed E-state index contributed by atoms with van der Waals surface area (Å²) in [6.45, 7) is 0. The van der Waals surface area contributed by atoms with Crippen molar-refractivity contribution in [2.24, 2.45) is 0 Å². The van der Waals surface area contributed by atoms with Gasteiger partial charge in [-0.2, -0.15) is 0 Å². The van der Waals surface area contributed by atoms with Crippen molar-refractivity contribution in [3.05, 3.63) is 54.1 Å². The highest BCUT2D eigenvalue weighted by Gasteiger charge is 2.15. The van der Waals surface area contributed by atoms with Crippen molar-refractivity contribution in [1.82, 2.24) is 10.3 Å². The second kappa shape index (κ2) is 6.53. The minimum Gasteiger partial charge on any atom is -0.507 e. The Balaban J connectivity index is 1.59. The molecule has 1 heterocycles. The van der Waals surface area contributed by atoms with Gasteiger partial charge in [-0.15, -0.1) is 0 Å². The number of benzene rings is 2. The molecule has 2 aromatic carbocycles. The summed E-state index contributed by atoms with van der Waals surface area (Å²) in [7, 11) is 0. The summed E-state index contributed by atoms with van der Waals surface area (Å²) in [5.74, 6) is -1.34. The molecular formula is C16H12N2O4S. The van der Waals surface area contributed by atoms with E-state index in [0.29, 0.717) is 16.3 Å². The Kier molecular flexibility index (Phi) is 4.29. The zero-order chi connectivity index (χ0) is 16.2. The number of hydrogen-bond donors (Lipinski definition) is 2. The first kappa shape index (κ1) is 15.1. The van der Waals surface area contributed by atoms with Crippen LogP contribution in [0.25, 0.3) is 11.1 Å². The molecule has 0 fully saturated rings. The third-order valence-corrected chi connectivity index (χ3v) is 3.83. The topological polar surface area (TPSA) is 92.4 Å². The fourth-order valence-electron chi connectivity index (χ4n) is 1.94. The normalized spacial score (nSPS) is 10.6. The number of fused-ring (bicyclic) bond motifs is 1. The van der Waals surface area contributed by atoms with Crippen LogP contribution in [0.2, 0.25) is 0 Å². The zero-order valence-corrected chi connectivity index (χ0v) is 12.7. The van der Waals surface area contributed by atoms with Gasteiger partial charge in [0.2, 0.25) is 5.91 Å². The van der Waals surface area contributed by atoms with Crippen molar-refractivity contribution in [1.29, 1.82) is 0 Å². The molecule has 116 valence electrons. The number of aromatic hydroxyl groups is 1. The summed E-state index contributed by atoms with van der Waals surface area (Å²) in [6, 6.07) is 13.3. The van der Waals surface area contributed by atoms with Crippen molar-refractivity contribution < 1.29 is 19.1 Å². The molecule has 0 aliphatic rings. The number of nitrogens with zero attached hydrogens (tertiary/aromatic N) is 1. The highest BCUT2D eigenvalue weighted by Crippen LogP contribution is 2.23. The number of aromatic nitrogens is 1. The van der Waals surface area contributed by atoms with E-state index in [1.54, 1.807) is 18.2 Å². The molecule has 3 aromatic rings. The van der Waals surface area contributed by atoms with E-state index < -0.39 is 11.8 Å². The highest BCUT2D eigenvalue weighted by atomic mass is 32.2. The maximum Gasteiger partial charge on any atom is 0.261 e. The number of phenolic OH excluding ortho intramolecular Hbond substituents is 1. The number of oxazole rings is 1. The number of para-hydroxylation sites is 3. The number of rotatable bonds is 4. The van der Waals surface area contributed by atoms with Gasteiger partial charge in [0.05, 0.1) is 11.3 Å². The number of nitrogens with one attached hydrogen (secondary N) is 1. The number of carbonyl (C=O) groups excluding carboxylic acids is 2. The number of imide groups is 1. The average molecular weight is 328 g/mol. The third-order valence-electron chi connectivity index (χ3n) is 3.00.